The Hall–Kier alpha value is -0.390. The van der Waals surface area contributed by atoms with E-state index in [1.165, 1.54) is 18.9 Å². The summed E-state index contributed by atoms with van der Waals surface area (Å²) >= 11 is 4.25. The Morgan fingerprint density at radius 1 is 1.05 bits per heavy atom. The second kappa shape index (κ2) is 5.94. The molecule has 1 atom stereocenters. The Bertz CT molecular complexity index is 537. The maximum atomic E-state index is 3.43. The quantitative estimate of drug-likeness (QED) is 0.737. The van der Waals surface area contributed by atoms with Crippen molar-refractivity contribution in [1.29, 1.82) is 0 Å². The molecule has 0 aliphatic carbocycles. The fourth-order valence-electron chi connectivity index (χ4n) is 2.04. The van der Waals surface area contributed by atoms with Gasteiger partial charge in [-0.15, -0.1) is 11.3 Å². The fourth-order valence-corrected chi connectivity index (χ4v) is 3.60. The molecule has 0 saturated carbocycles. The summed E-state index contributed by atoms with van der Waals surface area (Å²) in [5, 5.41) is 3.43. The van der Waals surface area contributed by atoms with Crippen LogP contribution in [0.3, 0.4) is 0 Å². The Morgan fingerprint density at radius 2 is 1.68 bits per heavy atom. The van der Waals surface area contributed by atoms with Crippen LogP contribution in [0.1, 0.15) is 42.1 Å². The monoisotopic (exact) mass is 385 g/mol. The Balaban J connectivity index is 2.32. The molecule has 3 heteroatoms. The van der Waals surface area contributed by atoms with Crippen molar-refractivity contribution >= 4 is 33.9 Å². The van der Waals surface area contributed by atoms with Crippen LogP contribution in [0, 0.1) is 3.57 Å². The average molecular weight is 385 g/mol. The minimum atomic E-state index is 0.229. The zero-order valence-electron chi connectivity index (χ0n) is 11.8. The predicted octanol–water partition coefficient (Wildman–Crippen LogP) is 4.96. The smallest absolute Gasteiger partial charge is 0.0668 e. The first-order valence-corrected chi connectivity index (χ1v) is 8.34. The van der Waals surface area contributed by atoms with Crippen LogP contribution < -0.4 is 5.32 Å². The summed E-state index contributed by atoms with van der Waals surface area (Å²) in [7, 11) is 2.03. The SMILES string of the molecule is CNC(c1ccc(I)cc1)c1ccc(C(C)(C)C)s1. The van der Waals surface area contributed by atoms with Crippen molar-refractivity contribution < 1.29 is 0 Å². The molecule has 0 bridgehead atoms. The lowest BCUT2D eigenvalue weighted by Gasteiger charge is -2.17. The Kier molecular flexibility index (Phi) is 4.69. The molecule has 1 unspecified atom stereocenters. The van der Waals surface area contributed by atoms with E-state index in [1.54, 1.807) is 0 Å². The summed E-state index contributed by atoms with van der Waals surface area (Å²) in [6.45, 7) is 6.80. The maximum absolute atomic E-state index is 3.43. The molecular formula is C16H20INS. The van der Waals surface area contributed by atoms with Gasteiger partial charge in [-0.2, -0.15) is 0 Å². The van der Waals surface area contributed by atoms with E-state index in [1.807, 2.05) is 18.4 Å². The fraction of sp³-hybridized carbons (Fsp3) is 0.375. The number of halogens is 1. The number of thiophene rings is 1. The largest absolute Gasteiger partial charge is 0.309 e. The molecule has 0 spiro atoms. The second-order valence-corrected chi connectivity index (χ2v) is 8.09. The van der Waals surface area contributed by atoms with Crippen molar-refractivity contribution in [2.75, 3.05) is 7.05 Å². The van der Waals surface area contributed by atoms with Crippen molar-refractivity contribution in [1.82, 2.24) is 5.32 Å². The molecule has 2 aromatic rings. The van der Waals surface area contributed by atoms with E-state index >= 15 is 0 Å². The van der Waals surface area contributed by atoms with E-state index in [9.17, 15) is 0 Å². The minimum absolute atomic E-state index is 0.229. The average Bonchev–Trinajstić information content (AvgIpc) is 2.82. The van der Waals surface area contributed by atoms with Gasteiger partial charge in [0.15, 0.2) is 0 Å². The van der Waals surface area contributed by atoms with Crippen LogP contribution in [0.5, 0.6) is 0 Å². The summed E-state index contributed by atoms with van der Waals surface area (Å²) in [5.74, 6) is 0. The molecule has 1 aromatic carbocycles. The molecule has 2 rings (SSSR count). The van der Waals surface area contributed by atoms with Crippen molar-refractivity contribution in [2.45, 2.75) is 32.2 Å². The predicted molar refractivity (Wildman–Crippen MR) is 93.1 cm³/mol. The zero-order chi connectivity index (χ0) is 14.0. The Morgan fingerprint density at radius 3 is 2.16 bits per heavy atom. The van der Waals surface area contributed by atoms with Crippen molar-refractivity contribution in [3.63, 3.8) is 0 Å². The van der Waals surface area contributed by atoms with Gasteiger partial charge in [0.25, 0.3) is 0 Å². The van der Waals surface area contributed by atoms with Crippen LogP contribution in [0.25, 0.3) is 0 Å². The van der Waals surface area contributed by atoms with Crippen LogP contribution in [-0.4, -0.2) is 7.05 Å². The molecule has 0 aliphatic heterocycles. The minimum Gasteiger partial charge on any atom is -0.309 e. The molecule has 1 nitrogen and oxygen atoms in total. The highest BCUT2D eigenvalue weighted by molar-refractivity contribution is 14.1. The van der Waals surface area contributed by atoms with Gasteiger partial charge < -0.3 is 5.32 Å². The highest BCUT2D eigenvalue weighted by atomic mass is 127. The van der Waals surface area contributed by atoms with Gasteiger partial charge in [0.1, 0.15) is 0 Å². The van der Waals surface area contributed by atoms with Crippen LogP contribution in [0.2, 0.25) is 0 Å². The van der Waals surface area contributed by atoms with Gasteiger partial charge in [-0.25, -0.2) is 0 Å². The van der Waals surface area contributed by atoms with Gasteiger partial charge in [-0.3, -0.25) is 0 Å². The molecule has 1 heterocycles. The van der Waals surface area contributed by atoms with Crippen LogP contribution >= 0.6 is 33.9 Å². The van der Waals surface area contributed by atoms with Crippen molar-refractivity contribution in [3.05, 3.63) is 55.3 Å². The van der Waals surface area contributed by atoms with Crippen molar-refractivity contribution in [3.8, 4) is 0 Å². The van der Waals surface area contributed by atoms with E-state index in [-0.39, 0.29) is 11.5 Å². The molecule has 102 valence electrons. The lowest BCUT2D eigenvalue weighted by atomic mass is 9.95. The molecule has 19 heavy (non-hydrogen) atoms. The van der Waals surface area contributed by atoms with Gasteiger partial charge in [0, 0.05) is 13.3 Å². The first-order valence-electron chi connectivity index (χ1n) is 6.45. The van der Waals surface area contributed by atoms with E-state index in [2.05, 4.69) is 85.1 Å². The third kappa shape index (κ3) is 3.58. The number of nitrogens with one attached hydrogen (secondary N) is 1. The van der Waals surface area contributed by atoms with Crippen LogP contribution in [0.4, 0.5) is 0 Å². The normalized spacial score (nSPS) is 13.5. The zero-order valence-corrected chi connectivity index (χ0v) is 14.8. The molecule has 1 N–H and O–H groups in total. The molecule has 0 saturated heterocycles. The van der Waals surface area contributed by atoms with Gasteiger partial charge in [0.2, 0.25) is 0 Å². The molecule has 0 amide bonds. The number of benzene rings is 1. The van der Waals surface area contributed by atoms with Gasteiger partial charge in [-0.1, -0.05) is 32.9 Å². The topological polar surface area (TPSA) is 12.0 Å². The third-order valence-electron chi connectivity index (χ3n) is 3.14. The van der Waals surface area contributed by atoms with E-state index in [4.69, 9.17) is 0 Å². The summed E-state index contributed by atoms with van der Waals surface area (Å²) in [4.78, 5) is 2.82. The maximum Gasteiger partial charge on any atom is 0.0668 e. The van der Waals surface area contributed by atoms with Crippen molar-refractivity contribution in [2.24, 2.45) is 0 Å². The highest BCUT2D eigenvalue weighted by Crippen LogP contribution is 2.34. The van der Waals surface area contributed by atoms with Gasteiger partial charge in [-0.05, 0) is 64.9 Å². The summed E-state index contributed by atoms with van der Waals surface area (Å²) < 4.78 is 1.28. The molecular weight excluding hydrogens is 365 g/mol. The highest BCUT2D eigenvalue weighted by Gasteiger charge is 2.20. The van der Waals surface area contributed by atoms with E-state index in [0.717, 1.165) is 0 Å². The van der Waals surface area contributed by atoms with E-state index in [0.29, 0.717) is 0 Å². The summed E-state index contributed by atoms with van der Waals surface area (Å²) in [6, 6.07) is 13.6. The molecule has 0 radical (unpaired) electrons. The number of hydrogen-bond acceptors (Lipinski definition) is 2. The lowest BCUT2D eigenvalue weighted by molar-refractivity contribution is 0.604. The molecule has 0 fully saturated rings. The first-order chi connectivity index (χ1) is 8.91. The van der Waals surface area contributed by atoms with Gasteiger partial charge in [0.05, 0.1) is 6.04 Å². The lowest BCUT2D eigenvalue weighted by Crippen LogP contribution is -2.16. The Labute approximate surface area is 133 Å². The summed E-state index contributed by atoms with van der Waals surface area (Å²) in [6.07, 6.45) is 0. The van der Waals surface area contributed by atoms with E-state index < -0.39 is 0 Å². The number of rotatable bonds is 3. The van der Waals surface area contributed by atoms with Crippen LogP contribution in [-0.2, 0) is 5.41 Å². The van der Waals surface area contributed by atoms with Gasteiger partial charge >= 0.3 is 0 Å². The van der Waals surface area contributed by atoms with Crippen LogP contribution in [0.15, 0.2) is 36.4 Å². The standard InChI is InChI=1S/C16H20INS/c1-16(2,3)14-10-9-13(19-14)15(18-4)11-5-7-12(17)8-6-11/h5-10,15,18H,1-4H3. The third-order valence-corrected chi connectivity index (χ3v) is 5.44. The number of hydrogen-bond donors (Lipinski definition) is 1. The second-order valence-electron chi connectivity index (χ2n) is 5.73. The molecule has 0 aliphatic rings. The molecule has 1 aromatic heterocycles. The first kappa shape index (κ1) is 15.0. The summed E-state index contributed by atoms with van der Waals surface area (Å²) in [5.41, 5.74) is 1.55.